The van der Waals surface area contributed by atoms with Crippen LogP contribution in [0, 0.1) is 0 Å². The molecule has 0 radical (unpaired) electrons. The van der Waals surface area contributed by atoms with Crippen LogP contribution in [-0.2, 0) is 0 Å². The van der Waals surface area contributed by atoms with Crippen molar-refractivity contribution in [3.05, 3.63) is 29.0 Å². The first-order chi connectivity index (χ1) is 5.24. The summed E-state index contributed by atoms with van der Waals surface area (Å²) < 4.78 is 11.8. The first-order valence-electron chi connectivity index (χ1n) is 2.95. The molecule has 1 aromatic heterocycles. The number of hydrogen-bond donors (Lipinski definition) is 0. The molecule has 0 saturated carbocycles. The third-order valence-electron chi connectivity index (χ3n) is 1.17. The van der Waals surface area contributed by atoms with Crippen LogP contribution in [-0.4, -0.2) is 17.4 Å². The van der Waals surface area contributed by atoms with Crippen LogP contribution in [0.2, 0.25) is 5.15 Å². The Morgan fingerprint density at radius 3 is 2.82 bits per heavy atom. The summed E-state index contributed by atoms with van der Waals surface area (Å²) in [6, 6.07) is 2.89. The largest absolute Gasteiger partial charge is 0.291 e. The number of halogens is 2. The van der Waals surface area contributed by atoms with Gasteiger partial charge in [0.25, 0.3) is 0 Å². The van der Waals surface area contributed by atoms with Crippen LogP contribution in [0.25, 0.3) is 0 Å². The molecule has 0 aliphatic heterocycles. The molecule has 0 fully saturated rings. The lowest BCUT2D eigenvalue weighted by Crippen LogP contribution is -2.00. The van der Waals surface area contributed by atoms with Crippen LogP contribution in [0.15, 0.2) is 18.3 Å². The van der Waals surface area contributed by atoms with Crippen LogP contribution in [0.3, 0.4) is 0 Å². The van der Waals surface area contributed by atoms with Crippen molar-refractivity contribution in [2.24, 2.45) is 0 Å². The molecule has 0 aromatic carbocycles. The van der Waals surface area contributed by atoms with Gasteiger partial charge >= 0.3 is 0 Å². The van der Waals surface area contributed by atoms with E-state index in [-0.39, 0.29) is 5.56 Å². The van der Waals surface area contributed by atoms with E-state index in [2.05, 4.69) is 4.98 Å². The monoisotopic (exact) mass is 173 g/mol. The fourth-order valence-electron chi connectivity index (χ4n) is 0.618. The third kappa shape index (κ3) is 1.98. The summed E-state index contributed by atoms with van der Waals surface area (Å²) >= 11 is 5.44. The van der Waals surface area contributed by atoms with E-state index in [1.165, 1.54) is 18.3 Å². The molecular weight excluding hydrogens is 169 g/mol. The first kappa shape index (κ1) is 8.14. The Morgan fingerprint density at radius 2 is 2.36 bits per heavy atom. The van der Waals surface area contributed by atoms with Crippen molar-refractivity contribution in [3.8, 4) is 0 Å². The fraction of sp³-hybridized carbons (Fsp3) is 0.143. The highest BCUT2D eigenvalue weighted by Gasteiger charge is 2.03. The van der Waals surface area contributed by atoms with Gasteiger partial charge in [0.1, 0.15) is 5.15 Å². The molecule has 2 nitrogen and oxygen atoms in total. The summed E-state index contributed by atoms with van der Waals surface area (Å²) in [6.45, 7) is -0.997. The van der Waals surface area contributed by atoms with E-state index in [1.807, 2.05) is 0 Å². The molecule has 11 heavy (non-hydrogen) atoms. The zero-order valence-electron chi connectivity index (χ0n) is 5.55. The standard InChI is InChI=1S/C7H5ClFNO/c8-7-2-1-5(4-10-7)6(11)3-9/h1-2,4H,3H2. The number of nitrogens with zero attached hydrogens (tertiary/aromatic N) is 1. The molecule has 0 spiro atoms. The Kier molecular flexibility index (Phi) is 2.54. The number of hydrogen-bond acceptors (Lipinski definition) is 2. The number of ketones is 1. The van der Waals surface area contributed by atoms with Crippen molar-refractivity contribution >= 4 is 17.4 Å². The number of carbonyl (C=O) groups excluding carboxylic acids is 1. The molecule has 1 aromatic rings. The Balaban J connectivity index is 2.90. The Hall–Kier alpha value is -0.960. The molecule has 58 valence electrons. The maximum atomic E-state index is 11.8. The SMILES string of the molecule is O=C(CF)c1ccc(Cl)nc1. The van der Waals surface area contributed by atoms with E-state index >= 15 is 0 Å². The molecule has 0 aliphatic rings. The van der Waals surface area contributed by atoms with Gasteiger partial charge in [-0.1, -0.05) is 11.6 Å². The number of pyridine rings is 1. The third-order valence-corrected chi connectivity index (χ3v) is 1.39. The minimum absolute atomic E-state index is 0.247. The van der Waals surface area contributed by atoms with Gasteiger partial charge in [-0.2, -0.15) is 0 Å². The van der Waals surface area contributed by atoms with Crippen LogP contribution >= 0.6 is 11.6 Å². The normalized spacial score (nSPS) is 9.64. The van der Waals surface area contributed by atoms with Gasteiger partial charge in [-0.15, -0.1) is 0 Å². The molecule has 0 saturated heterocycles. The predicted octanol–water partition coefficient (Wildman–Crippen LogP) is 1.89. The average Bonchev–Trinajstić information content (AvgIpc) is 2.05. The van der Waals surface area contributed by atoms with Crippen LogP contribution in [0.1, 0.15) is 10.4 Å². The second-order valence-corrected chi connectivity index (χ2v) is 2.31. The van der Waals surface area contributed by atoms with Gasteiger partial charge in [-0.25, -0.2) is 9.37 Å². The predicted molar refractivity (Wildman–Crippen MR) is 39.6 cm³/mol. The lowest BCUT2D eigenvalue weighted by atomic mass is 10.2. The van der Waals surface area contributed by atoms with Crippen molar-refractivity contribution in [1.29, 1.82) is 0 Å². The van der Waals surface area contributed by atoms with E-state index in [0.29, 0.717) is 5.15 Å². The van der Waals surface area contributed by atoms with Gasteiger partial charge in [-0.3, -0.25) is 4.79 Å². The highest BCUT2D eigenvalue weighted by molar-refractivity contribution is 6.29. The van der Waals surface area contributed by atoms with E-state index in [9.17, 15) is 9.18 Å². The van der Waals surface area contributed by atoms with Gasteiger partial charge in [0, 0.05) is 11.8 Å². The summed E-state index contributed by atoms with van der Waals surface area (Å²) in [5, 5.41) is 0.292. The number of carbonyl (C=O) groups is 1. The van der Waals surface area contributed by atoms with Gasteiger partial charge < -0.3 is 0 Å². The zero-order valence-corrected chi connectivity index (χ0v) is 6.31. The van der Waals surface area contributed by atoms with E-state index in [1.54, 1.807) is 0 Å². The van der Waals surface area contributed by atoms with Crippen LogP contribution in [0.5, 0.6) is 0 Å². The minimum Gasteiger partial charge on any atom is -0.291 e. The maximum Gasteiger partial charge on any atom is 0.195 e. The van der Waals surface area contributed by atoms with Crippen molar-refractivity contribution in [2.45, 2.75) is 0 Å². The smallest absolute Gasteiger partial charge is 0.195 e. The molecular formula is C7H5ClFNO. The Bertz CT molecular complexity index is 260. The molecule has 0 atom stereocenters. The fourth-order valence-corrected chi connectivity index (χ4v) is 0.730. The summed E-state index contributed by atoms with van der Waals surface area (Å²) in [7, 11) is 0. The Labute approximate surface area is 68.0 Å². The van der Waals surface area contributed by atoms with Crippen molar-refractivity contribution in [2.75, 3.05) is 6.67 Å². The van der Waals surface area contributed by atoms with Gasteiger partial charge in [0.15, 0.2) is 12.5 Å². The molecule has 0 aliphatic carbocycles. The van der Waals surface area contributed by atoms with Crippen molar-refractivity contribution < 1.29 is 9.18 Å². The highest BCUT2D eigenvalue weighted by Crippen LogP contribution is 2.05. The van der Waals surface area contributed by atoms with Crippen LogP contribution in [0.4, 0.5) is 4.39 Å². The second-order valence-electron chi connectivity index (χ2n) is 1.93. The zero-order chi connectivity index (χ0) is 8.27. The van der Waals surface area contributed by atoms with Gasteiger partial charge in [-0.05, 0) is 12.1 Å². The first-order valence-corrected chi connectivity index (χ1v) is 3.32. The highest BCUT2D eigenvalue weighted by atomic mass is 35.5. The van der Waals surface area contributed by atoms with E-state index in [0.717, 1.165) is 0 Å². The quantitative estimate of drug-likeness (QED) is 0.505. The number of rotatable bonds is 2. The molecule has 0 bridgehead atoms. The second kappa shape index (κ2) is 3.44. The lowest BCUT2D eigenvalue weighted by molar-refractivity contribution is 0.0958. The molecule has 0 amide bonds. The number of aromatic nitrogens is 1. The lowest BCUT2D eigenvalue weighted by Gasteiger charge is -1.93. The molecule has 4 heteroatoms. The summed E-state index contributed by atoms with van der Waals surface area (Å²) in [5.41, 5.74) is 0.247. The van der Waals surface area contributed by atoms with Crippen LogP contribution < -0.4 is 0 Å². The topological polar surface area (TPSA) is 30.0 Å². The van der Waals surface area contributed by atoms with E-state index < -0.39 is 12.5 Å². The van der Waals surface area contributed by atoms with E-state index in [4.69, 9.17) is 11.6 Å². The summed E-state index contributed by atoms with van der Waals surface area (Å²) in [6.07, 6.45) is 1.25. The molecule has 1 rings (SSSR count). The molecule has 0 unspecified atom stereocenters. The van der Waals surface area contributed by atoms with Gasteiger partial charge in [0.2, 0.25) is 0 Å². The Morgan fingerprint density at radius 1 is 1.64 bits per heavy atom. The average molecular weight is 174 g/mol. The van der Waals surface area contributed by atoms with Crippen molar-refractivity contribution in [1.82, 2.24) is 4.98 Å². The molecule has 1 heterocycles. The number of alkyl halides is 1. The van der Waals surface area contributed by atoms with Crippen molar-refractivity contribution in [3.63, 3.8) is 0 Å². The maximum absolute atomic E-state index is 11.8. The summed E-state index contributed by atoms with van der Waals surface area (Å²) in [5.74, 6) is -0.575. The van der Waals surface area contributed by atoms with Gasteiger partial charge in [0.05, 0.1) is 0 Å². The minimum atomic E-state index is -0.997. The number of Topliss-reactive ketones (excluding diaryl/α,β-unsaturated/α-hetero) is 1. The summed E-state index contributed by atoms with van der Waals surface area (Å²) in [4.78, 5) is 14.3. The molecule has 0 N–H and O–H groups in total.